The number of hydrogen-bond donors (Lipinski definition) is 2. The van der Waals surface area contributed by atoms with Gasteiger partial charge in [-0.05, 0) is 23.3 Å². The van der Waals surface area contributed by atoms with Crippen LogP contribution in [0.5, 0.6) is 0 Å². The third kappa shape index (κ3) is 3.00. The molecular formula is C18H15F3N2. The minimum absolute atomic E-state index is 0.708. The van der Waals surface area contributed by atoms with Crippen molar-refractivity contribution >= 4 is 0 Å². The number of alkyl halides is 3. The summed E-state index contributed by atoms with van der Waals surface area (Å²) in [6.07, 6.45) is -1.12. The van der Waals surface area contributed by atoms with Gasteiger partial charge < -0.3 is 11.1 Å². The highest BCUT2D eigenvalue weighted by Gasteiger charge is 2.36. The highest BCUT2D eigenvalue weighted by atomic mass is 19.4. The summed E-state index contributed by atoms with van der Waals surface area (Å²) in [6.45, 7) is 0. The van der Waals surface area contributed by atoms with Crippen molar-refractivity contribution in [1.29, 1.82) is 0 Å². The maximum Gasteiger partial charge on any atom is 0.417 e. The van der Waals surface area contributed by atoms with Crippen molar-refractivity contribution in [3.63, 3.8) is 0 Å². The molecule has 3 N–H and O–H groups in total. The first-order valence-electron chi connectivity index (χ1n) is 7.08. The Morgan fingerprint density at radius 3 is 2.17 bits per heavy atom. The van der Waals surface area contributed by atoms with Crippen LogP contribution < -0.4 is 11.1 Å². The van der Waals surface area contributed by atoms with Gasteiger partial charge in [0.25, 0.3) is 0 Å². The van der Waals surface area contributed by atoms with E-state index in [1.807, 2.05) is 54.6 Å². The Bertz CT molecular complexity index is 763. The molecule has 1 aliphatic rings. The number of nitrogens with two attached hydrogens (primary N) is 1. The first-order valence-corrected chi connectivity index (χ1v) is 7.08. The lowest BCUT2D eigenvalue weighted by atomic mass is 9.89. The highest BCUT2D eigenvalue weighted by Crippen LogP contribution is 2.34. The second-order valence-electron chi connectivity index (χ2n) is 5.36. The first-order chi connectivity index (χ1) is 10.9. The molecule has 1 aliphatic heterocycles. The van der Waals surface area contributed by atoms with Crippen LogP contribution in [-0.4, -0.2) is 6.18 Å². The van der Waals surface area contributed by atoms with E-state index in [2.05, 4.69) is 5.32 Å². The molecule has 118 valence electrons. The Morgan fingerprint density at radius 1 is 0.913 bits per heavy atom. The van der Waals surface area contributed by atoms with Gasteiger partial charge in [-0.2, -0.15) is 13.2 Å². The van der Waals surface area contributed by atoms with Gasteiger partial charge in [0.1, 0.15) is 5.66 Å². The molecule has 1 atom stereocenters. The van der Waals surface area contributed by atoms with Crippen LogP contribution in [0, 0.1) is 0 Å². The van der Waals surface area contributed by atoms with Crippen molar-refractivity contribution in [2.24, 2.45) is 5.73 Å². The summed E-state index contributed by atoms with van der Waals surface area (Å²) in [4.78, 5) is 0. The van der Waals surface area contributed by atoms with E-state index in [0.717, 1.165) is 23.4 Å². The van der Waals surface area contributed by atoms with Crippen LogP contribution in [-0.2, 0) is 5.66 Å². The lowest BCUT2D eigenvalue weighted by Crippen LogP contribution is -2.48. The van der Waals surface area contributed by atoms with Crippen LogP contribution in [0.25, 0.3) is 11.1 Å². The van der Waals surface area contributed by atoms with Gasteiger partial charge in [-0.25, -0.2) is 0 Å². The molecule has 0 bridgehead atoms. The molecule has 3 rings (SSSR count). The summed E-state index contributed by atoms with van der Waals surface area (Å²) in [5.74, 6) is 0. The summed E-state index contributed by atoms with van der Waals surface area (Å²) in [5, 5.41) is 2.69. The van der Waals surface area contributed by atoms with Crippen LogP contribution in [0.4, 0.5) is 13.2 Å². The fourth-order valence-corrected chi connectivity index (χ4v) is 2.57. The van der Waals surface area contributed by atoms with Gasteiger partial charge in [0.05, 0.1) is 5.57 Å². The van der Waals surface area contributed by atoms with Gasteiger partial charge >= 0.3 is 6.18 Å². The van der Waals surface area contributed by atoms with Gasteiger partial charge in [0.2, 0.25) is 0 Å². The Morgan fingerprint density at radius 2 is 1.57 bits per heavy atom. The molecule has 5 heteroatoms. The molecule has 0 saturated heterocycles. The van der Waals surface area contributed by atoms with Crippen molar-refractivity contribution in [3.8, 4) is 11.1 Å². The molecule has 0 aromatic heterocycles. The number of halogens is 3. The molecule has 0 spiro atoms. The molecule has 2 aromatic carbocycles. The zero-order chi connectivity index (χ0) is 16.5. The molecule has 23 heavy (non-hydrogen) atoms. The third-order valence-electron chi connectivity index (χ3n) is 3.78. The number of benzene rings is 2. The van der Waals surface area contributed by atoms with Crippen LogP contribution in [0.3, 0.4) is 0 Å². The smallest absolute Gasteiger partial charge is 0.366 e. The number of nitrogens with one attached hydrogen (secondary N) is 1. The van der Waals surface area contributed by atoms with Crippen molar-refractivity contribution in [1.82, 2.24) is 5.32 Å². The zero-order valence-corrected chi connectivity index (χ0v) is 12.1. The van der Waals surface area contributed by atoms with Crippen LogP contribution in [0.2, 0.25) is 0 Å². The molecule has 1 unspecified atom stereocenters. The largest absolute Gasteiger partial charge is 0.417 e. The molecule has 0 amide bonds. The summed E-state index contributed by atoms with van der Waals surface area (Å²) in [5.41, 5.74) is 6.90. The maximum absolute atomic E-state index is 12.7. The van der Waals surface area contributed by atoms with Crippen LogP contribution >= 0.6 is 0 Å². The molecule has 0 saturated carbocycles. The van der Waals surface area contributed by atoms with Crippen molar-refractivity contribution in [2.45, 2.75) is 11.8 Å². The molecule has 2 nitrogen and oxygen atoms in total. The molecule has 1 heterocycles. The topological polar surface area (TPSA) is 38.0 Å². The van der Waals surface area contributed by atoms with Crippen molar-refractivity contribution in [3.05, 3.63) is 84.1 Å². The summed E-state index contributed by atoms with van der Waals surface area (Å²) < 4.78 is 38.2. The van der Waals surface area contributed by atoms with Crippen molar-refractivity contribution < 1.29 is 13.2 Å². The first kappa shape index (κ1) is 15.4. The highest BCUT2D eigenvalue weighted by molar-refractivity contribution is 5.69. The van der Waals surface area contributed by atoms with Crippen molar-refractivity contribution in [2.75, 3.05) is 0 Å². The predicted octanol–water partition coefficient (Wildman–Crippen LogP) is 4.07. The summed E-state index contributed by atoms with van der Waals surface area (Å²) >= 11 is 0. The van der Waals surface area contributed by atoms with Gasteiger partial charge in [-0.1, -0.05) is 54.6 Å². The second-order valence-corrected chi connectivity index (χ2v) is 5.36. The van der Waals surface area contributed by atoms with Crippen LogP contribution in [0.1, 0.15) is 5.56 Å². The number of rotatable bonds is 2. The molecule has 0 fully saturated rings. The zero-order valence-electron chi connectivity index (χ0n) is 12.1. The van der Waals surface area contributed by atoms with Gasteiger partial charge in [-0.3, -0.25) is 0 Å². The van der Waals surface area contributed by atoms with E-state index in [1.165, 1.54) is 6.08 Å². The third-order valence-corrected chi connectivity index (χ3v) is 3.78. The maximum atomic E-state index is 12.7. The average molecular weight is 316 g/mol. The van der Waals surface area contributed by atoms with E-state index in [9.17, 15) is 13.2 Å². The normalized spacial score (nSPS) is 20.8. The Labute approximate surface area is 132 Å². The fourth-order valence-electron chi connectivity index (χ4n) is 2.57. The summed E-state index contributed by atoms with van der Waals surface area (Å²) in [6, 6.07) is 17.0. The van der Waals surface area contributed by atoms with Gasteiger partial charge in [-0.15, -0.1) is 0 Å². The lowest BCUT2D eigenvalue weighted by molar-refractivity contribution is -0.0890. The van der Waals surface area contributed by atoms with E-state index in [0.29, 0.717) is 5.56 Å². The molecule has 0 aliphatic carbocycles. The molecule has 2 aromatic rings. The van der Waals surface area contributed by atoms with Gasteiger partial charge in [0, 0.05) is 11.8 Å². The summed E-state index contributed by atoms with van der Waals surface area (Å²) in [7, 11) is 0. The second kappa shape index (κ2) is 5.59. The minimum atomic E-state index is -4.40. The quantitative estimate of drug-likeness (QED) is 0.876. The van der Waals surface area contributed by atoms with E-state index < -0.39 is 17.4 Å². The van der Waals surface area contributed by atoms with Crippen LogP contribution in [0.15, 0.2) is 78.5 Å². The monoisotopic (exact) mass is 316 g/mol. The number of dihydropyridines is 1. The van der Waals surface area contributed by atoms with E-state index in [1.54, 1.807) is 0 Å². The molecule has 0 radical (unpaired) electrons. The Kier molecular flexibility index (Phi) is 3.74. The molecular weight excluding hydrogens is 301 g/mol. The number of allylic oxidation sites excluding steroid dienone is 2. The fraction of sp³-hybridized carbons (Fsp3) is 0.111. The standard InChI is InChI=1S/C18H15F3N2/c19-18(20,21)14-10-11-17(22,23-12-14)16-9-5-4-8-15(16)13-6-2-1-3-7-13/h1-12,23H,22H2. The Hall–Kier alpha value is -2.53. The van der Waals surface area contributed by atoms with Gasteiger partial charge in [0.15, 0.2) is 0 Å². The SMILES string of the molecule is NC1(c2ccccc2-c2ccccc2)C=CC(C(F)(F)F)=CN1. The Balaban J connectivity index is 2.01. The number of hydrogen-bond acceptors (Lipinski definition) is 2. The minimum Gasteiger partial charge on any atom is -0.366 e. The van der Waals surface area contributed by atoms with E-state index >= 15 is 0 Å². The lowest BCUT2D eigenvalue weighted by Gasteiger charge is -2.32. The predicted molar refractivity (Wildman–Crippen MR) is 84.2 cm³/mol. The average Bonchev–Trinajstić information content (AvgIpc) is 2.55. The van der Waals surface area contributed by atoms with E-state index in [-0.39, 0.29) is 0 Å². The van der Waals surface area contributed by atoms with E-state index in [4.69, 9.17) is 5.73 Å².